The molecule has 0 amide bonds. The molecule has 0 rings (SSSR count). The molecule has 0 saturated heterocycles. The lowest BCUT2D eigenvalue weighted by Gasteiger charge is -2.25. The molecule has 9 nitrogen and oxygen atoms in total. The Kier molecular flexibility index (Phi) is 53.6. The Morgan fingerprint density at radius 3 is 1.13 bits per heavy atom. The molecule has 2 atom stereocenters. The van der Waals surface area contributed by atoms with Crippen molar-refractivity contribution in [3.05, 3.63) is 97.2 Å². The second kappa shape index (κ2) is 56.4. The Bertz CT molecular complexity index is 1550. The lowest BCUT2D eigenvalue weighted by molar-refractivity contribution is -0.870. The summed E-state index contributed by atoms with van der Waals surface area (Å²) in [4.78, 5) is 37.5. The van der Waals surface area contributed by atoms with Crippen LogP contribution in [0.15, 0.2) is 97.2 Å². The lowest BCUT2D eigenvalue weighted by Crippen LogP contribution is -2.40. The summed E-state index contributed by atoms with van der Waals surface area (Å²) in [7, 11) is 5.96. The average molecular weight is 1050 g/mol. The van der Waals surface area contributed by atoms with Crippen LogP contribution < -0.4 is 0 Å². The van der Waals surface area contributed by atoms with E-state index in [0.29, 0.717) is 23.9 Å². The number of nitrogens with zero attached hydrogens (tertiary/aromatic N) is 1. The zero-order valence-corrected chi connectivity index (χ0v) is 48.9. The number of unbranched alkanes of at least 4 members (excludes halogenated alkanes) is 24. The maximum atomic E-state index is 12.9. The van der Waals surface area contributed by atoms with Gasteiger partial charge in [0.15, 0.2) is 6.10 Å². The fourth-order valence-corrected chi connectivity index (χ4v) is 8.16. The average Bonchev–Trinajstić information content (AvgIpc) is 3.38. The van der Waals surface area contributed by atoms with E-state index >= 15 is 0 Å². The highest BCUT2D eigenvalue weighted by Crippen LogP contribution is 2.16. The first-order valence-electron chi connectivity index (χ1n) is 30.4. The van der Waals surface area contributed by atoms with E-state index in [9.17, 15) is 19.5 Å². The van der Waals surface area contributed by atoms with Crippen LogP contribution in [-0.4, -0.2) is 87.4 Å². The number of ether oxygens (including phenoxy) is 4. The number of carbonyl (C=O) groups excluding carboxylic acids is 2. The summed E-state index contributed by atoms with van der Waals surface area (Å²) in [6.45, 7) is 4.74. The third-order valence-corrected chi connectivity index (χ3v) is 12.8. The van der Waals surface area contributed by atoms with Gasteiger partial charge in [-0.3, -0.25) is 9.59 Å². The van der Waals surface area contributed by atoms with Gasteiger partial charge in [-0.05, 0) is 96.3 Å². The van der Waals surface area contributed by atoms with Crippen molar-refractivity contribution in [2.45, 2.75) is 257 Å². The molecular weight excluding hydrogens is 935 g/mol. The molecule has 0 aromatic heterocycles. The molecule has 0 radical (unpaired) electrons. The SMILES string of the molecule is CC/C=C\C/C=C\C/C=C\C/C=C\C/C=C\C/C=C\CCCCCCCCC(=O)OC(COC(=O)CCCCCCCCCCCCCCC/C=C\C/C=C\CCCCCCC)COC(OCC[N+](C)(C)C)C(=O)O. The number of rotatable bonds is 55. The van der Waals surface area contributed by atoms with Crippen LogP contribution in [0.1, 0.15) is 245 Å². The lowest BCUT2D eigenvalue weighted by atomic mass is 10.0. The minimum atomic E-state index is -1.52. The van der Waals surface area contributed by atoms with E-state index in [1.807, 2.05) is 21.1 Å². The number of hydrogen-bond donors (Lipinski definition) is 1. The molecule has 0 aromatic carbocycles. The number of carboxylic acids is 1. The normalized spacial score (nSPS) is 13.5. The first kappa shape index (κ1) is 71.2. The maximum Gasteiger partial charge on any atom is 0.361 e. The summed E-state index contributed by atoms with van der Waals surface area (Å²) < 4.78 is 22.9. The molecule has 9 heteroatoms. The first-order valence-corrected chi connectivity index (χ1v) is 30.4. The molecule has 75 heavy (non-hydrogen) atoms. The van der Waals surface area contributed by atoms with Crippen molar-refractivity contribution in [2.24, 2.45) is 0 Å². The van der Waals surface area contributed by atoms with Gasteiger partial charge in [-0.25, -0.2) is 4.79 Å². The van der Waals surface area contributed by atoms with Gasteiger partial charge in [-0.1, -0.05) is 233 Å². The van der Waals surface area contributed by atoms with E-state index in [1.54, 1.807) is 0 Å². The summed E-state index contributed by atoms with van der Waals surface area (Å²) >= 11 is 0. The van der Waals surface area contributed by atoms with Crippen molar-refractivity contribution in [1.82, 2.24) is 0 Å². The van der Waals surface area contributed by atoms with E-state index in [-0.39, 0.29) is 32.2 Å². The van der Waals surface area contributed by atoms with Crippen molar-refractivity contribution in [1.29, 1.82) is 0 Å². The van der Waals surface area contributed by atoms with Crippen LogP contribution in [0.25, 0.3) is 0 Å². The Balaban J connectivity index is 4.27. The van der Waals surface area contributed by atoms with Crippen molar-refractivity contribution in [2.75, 3.05) is 47.5 Å². The third kappa shape index (κ3) is 57.7. The van der Waals surface area contributed by atoms with Crippen LogP contribution in [0.2, 0.25) is 0 Å². The maximum absolute atomic E-state index is 12.9. The molecule has 0 fully saturated rings. The molecule has 0 saturated carbocycles. The van der Waals surface area contributed by atoms with Crippen molar-refractivity contribution >= 4 is 17.9 Å². The molecule has 0 heterocycles. The highest BCUT2D eigenvalue weighted by atomic mass is 16.7. The standard InChI is InChI=1S/C66H113NO8/c1-6-8-10-12-14-16-18-20-22-24-26-28-30-32-34-36-38-40-42-44-46-48-50-52-54-56-63(68)73-60-62(61-74-66(65(70)71)72-59-58-67(3,4)5)75-64(69)57-55-53-51-49-47-45-43-41-39-37-35-33-31-29-27-25-23-21-19-17-15-13-11-9-7-2/h9,11,15,17-18,20-21,23-24,26-27,29,33,35,39,41,62,66H,6-8,10,12-14,16,19,22,25,28,30-32,34,36-38,40,42-61H2,1-5H3/p+1/b11-9-,17-15-,20-18-,23-21-,26-24-,29-27-,35-33-,41-39-. The smallest absolute Gasteiger partial charge is 0.361 e. The largest absolute Gasteiger partial charge is 0.477 e. The first-order chi connectivity index (χ1) is 36.6. The Hall–Kier alpha value is -3.79. The molecule has 0 aliphatic rings. The highest BCUT2D eigenvalue weighted by molar-refractivity contribution is 5.71. The van der Waals surface area contributed by atoms with Crippen LogP contribution in [0.5, 0.6) is 0 Å². The number of hydrogen-bond acceptors (Lipinski definition) is 7. The van der Waals surface area contributed by atoms with Crippen LogP contribution >= 0.6 is 0 Å². The second-order valence-corrected chi connectivity index (χ2v) is 21.3. The van der Waals surface area contributed by atoms with Crippen molar-refractivity contribution < 1.29 is 42.9 Å². The van der Waals surface area contributed by atoms with Gasteiger partial charge in [-0.15, -0.1) is 0 Å². The number of carboxylic acid groups (broad SMARTS) is 1. The summed E-state index contributed by atoms with van der Waals surface area (Å²) in [5, 5.41) is 9.72. The van der Waals surface area contributed by atoms with Gasteiger partial charge in [0.25, 0.3) is 6.29 Å². The van der Waals surface area contributed by atoms with E-state index in [0.717, 1.165) is 103 Å². The Labute approximate surface area is 461 Å². The molecule has 1 N–H and O–H groups in total. The van der Waals surface area contributed by atoms with Gasteiger partial charge < -0.3 is 28.5 Å². The van der Waals surface area contributed by atoms with Crippen molar-refractivity contribution in [3.8, 4) is 0 Å². The van der Waals surface area contributed by atoms with Crippen LogP contribution in [0.3, 0.4) is 0 Å². The second-order valence-electron chi connectivity index (χ2n) is 21.3. The number of quaternary nitrogens is 1. The molecule has 0 aromatic rings. The van der Waals surface area contributed by atoms with Crippen LogP contribution in [0, 0.1) is 0 Å². The predicted octanol–water partition coefficient (Wildman–Crippen LogP) is 18.1. The van der Waals surface area contributed by atoms with E-state index in [1.165, 1.54) is 109 Å². The molecule has 0 aliphatic carbocycles. The van der Waals surface area contributed by atoms with Gasteiger partial charge in [0.1, 0.15) is 13.2 Å². The third-order valence-electron chi connectivity index (χ3n) is 12.8. The number of aliphatic carboxylic acids is 1. The number of likely N-dealkylation sites (N-methyl/N-ethyl adjacent to an activating group) is 1. The van der Waals surface area contributed by atoms with Crippen LogP contribution in [0.4, 0.5) is 0 Å². The highest BCUT2D eigenvalue weighted by Gasteiger charge is 2.25. The summed E-state index contributed by atoms with van der Waals surface area (Å²) in [6.07, 6.45) is 73.4. The van der Waals surface area contributed by atoms with E-state index in [4.69, 9.17) is 18.9 Å². The minimum Gasteiger partial charge on any atom is -0.477 e. The quantitative estimate of drug-likeness (QED) is 0.0211. The summed E-state index contributed by atoms with van der Waals surface area (Å²) in [5.41, 5.74) is 0. The summed E-state index contributed by atoms with van der Waals surface area (Å²) in [6, 6.07) is 0. The van der Waals surface area contributed by atoms with E-state index in [2.05, 4.69) is 111 Å². The van der Waals surface area contributed by atoms with Gasteiger partial charge >= 0.3 is 17.9 Å². The molecule has 0 bridgehead atoms. The molecule has 0 spiro atoms. The minimum absolute atomic E-state index is 0.180. The topological polar surface area (TPSA) is 108 Å². The molecular formula is C66H114NO8+. The summed E-state index contributed by atoms with van der Waals surface area (Å²) in [5.74, 6) is -2.03. The van der Waals surface area contributed by atoms with Gasteiger partial charge in [-0.2, -0.15) is 0 Å². The van der Waals surface area contributed by atoms with Crippen LogP contribution in [-0.2, 0) is 33.3 Å². The fourth-order valence-electron chi connectivity index (χ4n) is 8.16. The predicted molar refractivity (Wildman–Crippen MR) is 318 cm³/mol. The fraction of sp³-hybridized carbons (Fsp3) is 0.712. The number of esters is 2. The zero-order chi connectivity index (χ0) is 54.8. The number of carbonyl (C=O) groups is 3. The number of allylic oxidation sites excluding steroid dienone is 16. The Morgan fingerprint density at radius 2 is 0.760 bits per heavy atom. The molecule has 430 valence electrons. The Morgan fingerprint density at radius 1 is 0.413 bits per heavy atom. The monoisotopic (exact) mass is 1050 g/mol. The molecule has 0 aliphatic heterocycles. The van der Waals surface area contributed by atoms with E-state index < -0.39 is 24.3 Å². The van der Waals surface area contributed by atoms with Gasteiger partial charge in [0.2, 0.25) is 0 Å². The van der Waals surface area contributed by atoms with Crippen molar-refractivity contribution in [3.63, 3.8) is 0 Å². The van der Waals surface area contributed by atoms with Gasteiger partial charge in [0, 0.05) is 12.8 Å². The zero-order valence-electron chi connectivity index (χ0n) is 48.9. The molecule has 2 unspecified atom stereocenters. The van der Waals surface area contributed by atoms with Gasteiger partial charge in [0.05, 0.1) is 34.4 Å².